The summed E-state index contributed by atoms with van der Waals surface area (Å²) in [5, 5.41) is 3.06. The highest BCUT2D eigenvalue weighted by Gasteiger charge is 2.22. The Kier molecular flexibility index (Phi) is 6.09. The van der Waals surface area contributed by atoms with E-state index >= 15 is 0 Å². The molecule has 1 aromatic carbocycles. The van der Waals surface area contributed by atoms with Gasteiger partial charge in [0, 0.05) is 38.4 Å². The number of fused-ring (bicyclic) bond motifs is 4. The Bertz CT molecular complexity index is 1310. The molecule has 0 aliphatic carbocycles. The summed E-state index contributed by atoms with van der Waals surface area (Å²) < 4.78 is 9.75. The molecule has 5 rings (SSSR count). The Morgan fingerprint density at radius 2 is 2.03 bits per heavy atom. The molecule has 0 spiro atoms. The molecule has 3 aromatic heterocycles. The quantitative estimate of drug-likeness (QED) is 0.423. The number of rotatable bonds is 7. The Morgan fingerprint density at radius 3 is 2.91 bits per heavy atom. The van der Waals surface area contributed by atoms with Crippen LogP contribution in [0.2, 0.25) is 0 Å². The zero-order chi connectivity index (χ0) is 22.8. The largest absolute Gasteiger partial charge is 0.382 e. The number of carbonyl (C=O) groups excluding carboxylic acids is 1. The Morgan fingerprint density at radius 1 is 1.15 bits per heavy atom. The van der Waals surface area contributed by atoms with Crippen LogP contribution < -0.4 is 5.32 Å². The maximum Gasteiger partial charge on any atom is 0.260 e. The van der Waals surface area contributed by atoms with Gasteiger partial charge in [-0.1, -0.05) is 18.6 Å². The second-order valence-corrected chi connectivity index (χ2v) is 8.55. The lowest BCUT2D eigenvalue weighted by Crippen LogP contribution is -2.17. The van der Waals surface area contributed by atoms with Gasteiger partial charge in [0.2, 0.25) is 5.95 Å². The molecule has 0 unspecified atom stereocenters. The fourth-order valence-electron chi connectivity index (χ4n) is 4.62. The number of benzene rings is 1. The van der Waals surface area contributed by atoms with Gasteiger partial charge in [-0.15, -0.1) is 0 Å². The predicted octanol–water partition coefficient (Wildman–Crippen LogP) is 4.49. The third-order valence-corrected chi connectivity index (χ3v) is 6.19. The normalized spacial score (nSPS) is 13.9. The van der Waals surface area contributed by atoms with Gasteiger partial charge in [-0.05, 0) is 51.3 Å². The molecule has 1 aliphatic heterocycles. The molecule has 1 amide bonds. The lowest BCUT2D eigenvalue weighted by Gasteiger charge is -2.11. The van der Waals surface area contributed by atoms with Crippen LogP contribution in [0, 0.1) is 6.92 Å². The summed E-state index contributed by atoms with van der Waals surface area (Å²) in [5.41, 5.74) is 4.69. The number of carbonyl (C=O) groups is 1. The van der Waals surface area contributed by atoms with Crippen LogP contribution >= 0.6 is 0 Å². The Labute approximate surface area is 193 Å². The molecule has 172 valence electrons. The highest BCUT2D eigenvalue weighted by Crippen LogP contribution is 2.26. The number of anilines is 1. The minimum Gasteiger partial charge on any atom is -0.382 e. The first-order valence-electron chi connectivity index (χ1n) is 11.9. The van der Waals surface area contributed by atoms with Crippen molar-refractivity contribution < 1.29 is 9.53 Å². The number of amides is 1. The number of imidazole rings is 2. The molecule has 0 saturated heterocycles. The van der Waals surface area contributed by atoms with Crippen LogP contribution in [0.25, 0.3) is 22.2 Å². The van der Waals surface area contributed by atoms with E-state index in [1.807, 2.05) is 44.2 Å². The number of para-hydroxylation sites is 2. The van der Waals surface area contributed by atoms with Gasteiger partial charge < -0.3 is 13.9 Å². The summed E-state index contributed by atoms with van der Waals surface area (Å²) in [6.07, 6.45) is 5.19. The number of aromatic nitrogens is 5. The third kappa shape index (κ3) is 4.23. The lowest BCUT2D eigenvalue weighted by molar-refractivity contribution is 0.102. The first kappa shape index (κ1) is 21.6. The fraction of sp³-hybridized carbons (Fsp3) is 0.440. The summed E-state index contributed by atoms with van der Waals surface area (Å²) >= 11 is 0. The molecule has 4 heterocycles. The summed E-state index contributed by atoms with van der Waals surface area (Å²) in [4.78, 5) is 27.8. The molecule has 0 fully saturated rings. The molecule has 0 radical (unpaired) electrons. The first-order chi connectivity index (χ1) is 16.2. The van der Waals surface area contributed by atoms with Crippen LogP contribution in [-0.2, 0) is 24.2 Å². The number of aryl methyl sites for hydroxylation is 4. The summed E-state index contributed by atoms with van der Waals surface area (Å²) in [5.74, 6) is 1.36. The van der Waals surface area contributed by atoms with Crippen LogP contribution in [0.5, 0.6) is 0 Å². The van der Waals surface area contributed by atoms with Gasteiger partial charge in [-0.3, -0.25) is 10.1 Å². The van der Waals surface area contributed by atoms with Crippen molar-refractivity contribution in [2.75, 3.05) is 18.5 Å². The number of ether oxygens (including phenoxy) is 1. The zero-order valence-electron chi connectivity index (χ0n) is 19.3. The zero-order valence-corrected chi connectivity index (χ0v) is 19.3. The highest BCUT2D eigenvalue weighted by molar-refractivity contribution is 6.11. The first-order valence-corrected chi connectivity index (χ1v) is 11.9. The van der Waals surface area contributed by atoms with E-state index in [4.69, 9.17) is 19.7 Å². The standard InChI is InChI=1S/C25H30N6O2/c1-3-33-15-9-14-30-20-11-7-6-10-19(20)27-25(30)29-24(32)18-16-17(2)26-23-22(18)28-21-12-5-4-8-13-31(21)23/h6-7,10-11,16H,3-5,8-9,12-15H2,1-2H3,(H,27,29,32). The maximum absolute atomic E-state index is 13.5. The van der Waals surface area contributed by atoms with Crippen LogP contribution in [0.15, 0.2) is 30.3 Å². The van der Waals surface area contributed by atoms with Crippen molar-refractivity contribution in [3.63, 3.8) is 0 Å². The van der Waals surface area contributed by atoms with E-state index in [-0.39, 0.29) is 5.91 Å². The predicted molar refractivity (Wildman–Crippen MR) is 129 cm³/mol. The number of nitrogens with one attached hydrogen (secondary N) is 1. The van der Waals surface area contributed by atoms with Gasteiger partial charge in [-0.25, -0.2) is 15.0 Å². The van der Waals surface area contributed by atoms with Gasteiger partial charge in [0.25, 0.3) is 5.91 Å². The Hall–Kier alpha value is -3.26. The average molecular weight is 447 g/mol. The van der Waals surface area contributed by atoms with E-state index in [0.717, 1.165) is 60.4 Å². The van der Waals surface area contributed by atoms with E-state index in [9.17, 15) is 4.79 Å². The fourth-order valence-corrected chi connectivity index (χ4v) is 4.62. The smallest absolute Gasteiger partial charge is 0.260 e. The molecule has 0 atom stereocenters. The molecule has 0 saturated carbocycles. The molecule has 8 nitrogen and oxygen atoms in total. The van der Waals surface area contributed by atoms with E-state index in [0.29, 0.717) is 36.8 Å². The monoisotopic (exact) mass is 446 g/mol. The minimum atomic E-state index is -0.208. The third-order valence-electron chi connectivity index (χ3n) is 6.19. The lowest BCUT2D eigenvalue weighted by atomic mass is 10.2. The van der Waals surface area contributed by atoms with Crippen molar-refractivity contribution in [3.8, 4) is 0 Å². The SMILES string of the molecule is CCOCCCn1c(NC(=O)c2cc(C)nc3c2nc2n3CCCCC2)nc2ccccc21. The van der Waals surface area contributed by atoms with Crippen LogP contribution in [0.1, 0.15) is 54.5 Å². The minimum absolute atomic E-state index is 0.208. The van der Waals surface area contributed by atoms with Crippen LogP contribution in [0.4, 0.5) is 5.95 Å². The van der Waals surface area contributed by atoms with Crippen molar-refractivity contribution in [2.45, 2.75) is 59.0 Å². The van der Waals surface area contributed by atoms with E-state index in [1.54, 1.807) is 0 Å². The van der Waals surface area contributed by atoms with E-state index < -0.39 is 0 Å². The number of hydrogen-bond donors (Lipinski definition) is 1. The van der Waals surface area contributed by atoms with Crippen molar-refractivity contribution in [2.24, 2.45) is 0 Å². The van der Waals surface area contributed by atoms with Gasteiger partial charge in [-0.2, -0.15) is 0 Å². The van der Waals surface area contributed by atoms with Crippen LogP contribution in [0.3, 0.4) is 0 Å². The van der Waals surface area contributed by atoms with Crippen molar-refractivity contribution in [1.82, 2.24) is 24.1 Å². The molecule has 8 heteroatoms. The molecule has 1 N–H and O–H groups in total. The van der Waals surface area contributed by atoms with Crippen molar-refractivity contribution >= 4 is 34.1 Å². The molecule has 1 aliphatic rings. The maximum atomic E-state index is 13.5. The topological polar surface area (TPSA) is 86.9 Å². The van der Waals surface area contributed by atoms with E-state index in [1.165, 1.54) is 6.42 Å². The van der Waals surface area contributed by atoms with Gasteiger partial charge in [0.15, 0.2) is 5.65 Å². The molecular weight excluding hydrogens is 416 g/mol. The second kappa shape index (κ2) is 9.31. The van der Waals surface area contributed by atoms with Crippen LogP contribution in [-0.4, -0.2) is 43.2 Å². The number of pyridine rings is 1. The van der Waals surface area contributed by atoms with Gasteiger partial charge in [0.05, 0.1) is 16.6 Å². The molecule has 33 heavy (non-hydrogen) atoms. The van der Waals surface area contributed by atoms with Crippen molar-refractivity contribution in [1.29, 1.82) is 0 Å². The Balaban J connectivity index is 1.50. The molecular formula is C25H30N6O2. The summed E-state index contributed by atoms with van der Waals surface area (Å²) in [6, 6.07) is 9.76. The highest BCUT2D eigenvalue weighted by atomic mass is 16.5. The van der Waals surface area contributed by atoms with Crippen molar-refractivity contribution in [3.05, 3.63) is 47.4 Å². The molecule has 4 aromatic rings. The van der Waals surface area contributed by atoms with E-state index in [2.05, 4.69) is 14.5 Å². The average Bonchev–Trinajstić information content (AvgIpc) is 3.23. The summed E-state index contributed by atoms with van der Waals surface area (Å²) in [6.45, 7) is 6.89. The summed E-state index contributed by atoms with van der Waals surface area (Å²) in [7, 11) is 0. The number of hydrogen-bond acceptors (Lipinski definition) is 5. The number of nitrogens with zero attached hydrogens (tertiary/aromatic N) is 5. The second-order valence-electron chi connectivity index (χ2n) is 8.55. The van der Waals surface area contributed by atoms with Gasteiger partial charge in [0.1, 0.15) is 11.3 Å². The molecule has 0 bridgehead atoms. The van der Waals surface area contributed by atoms with Gasteiger partial charge >= 0.3 is 0 Å².